The first-order valence-electron chi connectivity index (χ1n) is 5.80. The van der Waals surface area contributed by atoms with Crippen molar-refractivity contribution in [1.29, 1.82) is 0 Å². The molecule has 0 fully saturated rings. The van der Waals surface area contributed by atoms with Gasteiger partial charge in [-0.15, -0.1) is 0 Å². The molecule has 0 aromatic heterocycles. The Morgan fingerprint density at radius 2 is 1.82 bits per heavy atom. The largest absolute Gasteiger partial charge is 0.284 e. The monoisotopic (exact) mass is 383 g/mol. The zero-order chi connectivity index (χ0) is 16.3. The van der Waals surface area contributed by atoms with Crippen molar-refractivity contribution in [2.24, 2.45) is 4.99 Å². The van der Waals surface area contributed by atoms with Crippen molar-refractivity contribution in [2.45, 2.75) is 0 Å². The first kappa shape index (κ1) is 16.1. The smallest absolute Gasteiger partial charge is 0.258 e. The standard InChI is InChI=1S/C13H7BrClN3O4/c14-10-3-1-8(5-13(10)18(21)22)7-16-12-4-2-9(17(19)20)6-11(12)15/h1-7H. The van der Waals surface area contributed by atoms with Crippen LogP contribution in [-0.4, -0.2) is 16.1 Å². The van der Waals surface area contributed by atoms with Crippen molar-refractivity contribution < 1.29 is 9.85 Å². The normalized spacial score (nSPS) is 10.8. The van der Waals surface area contributed by atoms with Gasteiger partial charge in [-0.05, 0) is 33.6 Å². The molecule has 0 atom stereocenters. The summed E-state index contributed by atoms with van der Waals surface area (Å²) in [6, 6.07) is 8.41. The van der Waals surface area contributed by atoms with Crippen molar-refractivity contribution in [1.82, 2.24) is 0 Å². The van der Waals surface area contributed by atoms with E-state index >= 15 is 0 Å². The fourth-order valence-corrected chi connectivity index (χ4v) is 2.22. The predicted molar refractivity (Wildman–Crippen MR) is 86.2 cm³/mol. The molecule has 0 unspecified atom stereocenters. The molecule has 112 valence electrons. The molecule has 0 aliphatic heterocycles. The third kappa shape index (κ3) is 3.66. The van der Waals surface area contributed by atoms with E-state index in [0.717, 1.165) is 0 Å². The Morgan fingerprint density at radius 1 is 1.09 bits per heavy atom. The molecule has 0 N–H and O–H groups in total. The van der Waals surface area contributed by atoms with Crippen LogP contribution in [0.3, 0.4) is 0 Å². The van der Waals surface area contributed by atoms with Crippen LogP contribution in [0, 0.1) is 20.2 Å². The summed E-state index contributed by atoms with van der Waals surface area (Å²) in [6.45, 7) is 0. The van der Waals surface area contributed by atoms with Gasteiger partial charge in [0.2, 0.25) is 0 Å². The molecule has 0 spiro atoms. The lowest BCUT2D eigenvalue weighted by Crippen LogP contribution is -1.91. The molecule has 0 aliphatic carbocycles. The summed E-state index contributed by atoms with van der Waals surface area (Å²) in [5.41, 5.74) is 0.615. The van der Waals surface area contributed by atoms with E-state index < -0.39 is 9.85 Å². The molecule has 0 amide bonds. The van der Waals surface area contributed by atoms with Crippen LogP contribution in [0.15, 0.2) is 45.9 Å². The Balaban J connectivity index is 2.31. The molecule has 0 radical (unpaired) electrons. The second-order valence-electron chi connectivity index (χ2n) is 4.12. The highest BCUT2D eigenvalue weighted by Gasteiger charge is 2.12. The number of rotatable bonds is 4. The Morgan fingerprint density at radius 3 is 2.41 bits per heavy atom. The summed E-state index contributed by atoms with van der Waals surface area (Å²) < 4.78 is 0.364. The van der Waals surface area contributed by atoms with Crippen LogP contribution >= 0.6 is 27.5 Å². The summed E-state index contributed by atoms with van der Waals surface area (Å²) in [7, 11) is 0. The molecule has 7 nitrogen and oxygen atoms in total. The van der Waals surface area contributed by atoms with Gasteiger partial charge in [-0.2, -0.15) is 0 Å². The van der Waals surface area contributed by atoms with Gasteiger partial charge >= 0.3 is 0 Å². The molecule has 2 aromatic carbocycles. The molecule has 0 saturated heterocycles. The average Bonchev–Trinajstić information content (AvgIpc) is 2.46. The van der Waals surface area contributed by atoms with Gasteiger partial charge in [0.05, 0.1) is 25.0 Å². The average molecular weight is 385 g/mol. The van der Waals surface area contributed by atoms with Crippen LogP contribution in [-0.2, 0) is 0 Å². The van der Waals surface area contributed by atoms with Crippen LogP contribution in [0.1, 0.15) is 5.56 Å². The summed E-state index contributed by atoms with van der Waals surface area (Å²) in [6.07, 6.45) is 1.40. The molecule has 0 heterocycles. The summed E-state index contributed by atoms with van der Waals surface area (Å²) in [5.74, 6) is 0. The Kier molecular flexibility index (Phi) is 4.84. The van der Waals surface area contributed by atoms with Crippen molar-refractivity contribution in [3.8, 4) is 0 Å². The second kappa shape index (κ2) is 6.63. The summed E-state index contributed by atoms with van der Waals surface area (Å²) >= 11 is 9.00. The van der Waals surface area contributed by atoms with Gasteiger partial charge in [0, 0.05) is 24.4 Å². The summed E-state index contributed by atoms with van der Waals surface area (Å²) in [5, 5.41) is 21.6. The van der Waals surface area contributed by atoms with E-state index in [4.69, 9.17) is 11.6 Å². The van der Waals surface area contributed by atoms with E-state index in [-0.39, 0.29) is 16.4 Å². The number of benzene rings is 2. The molecule has 22 heavy (non-hydrogen) atoms. The lowest BCUT2D eigenvalue weighted by molar-refractivity contribution is -0.385. The van der Waals surface area contributed by atoms with Gasteiger partial charge < -0.3 is 0 Å². The minimum Gasteiger partial charge on any atom is -0.258 e. The number of halogens is 2. The number of nitrogens with zero attached hydrogens (tertiary/aromatic N) is 3. The summed E-state index contributed by atoms with van der Waals surface area (Å²) in [4.78, 5) is 24.5. The molecule has 0 saturated carbocycles. The fraction of sp³-hybridized carbons (Fsp3) is 0. The minimum atomic E-state index is -0.558. The van der Waals surface area contributed by atoms with Crippen LogP contribution in [0.25, 0.3) is 0 Å². The van der Waals surface area contributed by atoms with Crippen molar-refractivity contribution in [2.75, 3.05) is 0 Å². The van der Waals surface area contributed by atoms with Crippen molar-refractivity contribution in [3.63, 3.8) is 0 Å². The third-order valence-electron chi connectivity index (χ3n) is 2.66. The fourth-order valence-electron chi connectivity index (χ4n) is 1.61. The highest BCUT2D eigenvalue weighted by molar-refractivity contribution is 9.10. The van der Waals surface area contributed by atoms with Crippen molar-refractivity contribution in [3.05, 3.63) is 71.7 Å². The molecule has 9 heteroatoms. The van der Waals surface area contributed by atoms with Gasteiger partial charge in [-0.1, -0.05) is 17.7 Å². The van der Waals surface area contributed by atoms with E-state index in [1.807, 2.05) is 0 Å². The van der Waals surface area contributed by atoms with Crippen LogP contribution in [0.5, 0.6) is 0 Å². The molecule has 0 aliphatic rings. The van der Waals surface area contributed by atoms with Gasteiger partial charge in [0.1, 0.15) is 0 Å². The lowest BCUT2D eigenvalue weighted by Gasteiger charge is -1.99. The van der Waals surface area contributed by atoms with Crippen molar-refractivity contribution >= 4 is 50.8 Å². The SMILES string of the molecule is O=[N+]([O-])c1ccc(N=Cc2ccc(Br)c([N+](=O)[O-])c2)c(Cl)c1. The third-order valence-corrected chi connectivity index (χ3v) is 3.63. The van der Waals surface area contributed by atoms with E-state index in [0.29, 0.717) is 15.7 Å². The maximum Gasteiger partial charge on any atom is 0.284 e. The second-order valence-corrected chi connectivity index (χ2v) is 5.38. The quantitative estimate of drug-likeness (QED) is 0.434. The first-order valence-corrected chi connectivity index (χ1v) is 6.97. The minimum absolute atomic E-state index is 0.0845. The molecule has 0 bridgehead atoms. The van der Waals surface area contributed by atoms with Crippen LogP contribution in [0.4, 0.5) is 17.1 Å². The lowest BCUT2D eigenvalue weighted by atomic mass is 10.2. The number of nitro benzene ring substituents is 2. The van der Waals surface area contributed by atoms with Gasteiger partial charge in [-0.3, -0.25) is 25.2 Å². The Hall–Kier alpha value is -2.32. The maximum atomic E-state index is 10.8. The van der Waals surface area contributed by atoms with Crippen LogP contribution < -0.4 is 0 Å². The molecule has 2 aromatic rings. The maximum absolute atomic E-state index is 10.8. The predicted octanol–water partition coefficient (Wildman–Crippen LogP) is 4.67. The van der Waals surface area contributed by atoms with E-state index in [9.17, 15) is 20.2 Å². The highest BCUT2D eigenvalue weighted by Crippen LogP contribution is 2.29. The van der Waals surface area contributed by atoms with Gasteiger partial charge in [0.25, 0.3) is 11.4 Å². The number of nitro groups is 2. The molecular formula is C13H7BrClN3O4. The number of hydrogen-bond acceptors (Lipinski definition) is 5. The van der Waals surface area contributed by atoms with E-state index in [1.165, 1.54) is 36.5 Å². The number of hydrogen-bond donors (Lipinski definition) is 0. The first-order chi connectivity index (χ1) is 10.4. The van der Waals surface area contributed by atoms with E-state index in [2.05, 4.69) is 20.9 Å². The zero-order valence-electron chi connectivity index (χ0n) is 10.8. The van der Waals surface area contributed by atoms with Gasteiger partial charge in [0.15, 0.2) is 0 Å². The molecular weight excluding hydrogens is 378 g/mol. The molecule has 2 rings (SSSR count). The van der Waals surface area contributed by atoms with E-state index in [1.54, 1.807) is 6.07 Å². The Bertz CT molecular complexity index is 795. The Labute approximate surface area is 137 Å². The highest BCUT2D eigenvalue weighted by atomic mass is 79.9. The topological polar surface area (TPSA) is 98.6 Å². The van der Waals surface area contributed by atoms with Crippen LogP contribution in [0.2, 0.25) is 5.02 Å². The van der Waals surface area contributed by atoms with Gasteiger partial charge in [-0.25, -0.2) is 0 Å². The number of non-ortho nitro benzene ring substituents is 1. The zero-order valence-corrected chi connectivity index (χ0v) is 13.1. The number of aliphatic imine (C=N–C) groups is 1.